The molecule has 1 aromatic rings. The summed E-state index contributed by atoms with van der Waals surface area (Å²) >= 11 is 3.60. The lowest BCUT2D eigenvalue weighted by atomic mass is 9.83. The molecule has 2 unspecified atom stereocenters. The third kappa shape index (κ3) is 2.41. The zero-order valence-corrected chi connectivity index (χ0v) is 13.9. The monoisotopic (exact) mass is 351 g/mol. The van der Waals surface area contributed by atoms with E-state index < -0.39 is 5.60 Å². The van der Waals surface area contributed by atoms with Gasteiger partial charge in [0.1, 0.15) is 5.75 Å². The lowest BCUT2D eigenvalue weighted by Crippen LogP contribution is -2.48. The number of benzene rings is 1. The van der Waals surface area contributed by atoms with E-state index >= 15 is 0 Å². The highest BCUT2D eigenvalue weighted by molar-refractivity contribution is 9.10. The van der Waals surface area contributed by atoms with Crippen molar-refractivity contribution < 1.29 is 9.84 Å². The highest BCUT2D eigenvalue weighted by Gasteiger charge is 2.47. The van der Waals surface area contributed by atoms with E-state index in [1.165, 1.54) is 24.0 Å². The zero-order chi connectivity index (χ0) is 14.4. The highest BCUT2D eigenvalue weighted by atomic mass is 79.9. The minimum atomic E-state index is -0.582. The van der Waals surface area contributed by atoms with Gasteiger partial charge in [0, 0.05) is 29.9 Å². The smallest absolute Gasteiger partial charge is 0.125 e. The van der Waals surface area contributed by atoms with Crippen molar-refractivity contribution in [2.45, 2.75) is 50.2 Å². The van der Waals surface area contributed by atoms with E-state index in [1.54, 1.807) is 0 Å². The molecule has 4 heteroatoms. The number of ether oxygens (including phenoxy) is 1. The van der Waals surface area contributed by atoms with Gasteiger partial charge in [0.05, 0.1) is 12.2 Å². The predicted molar refractivity (Wildman–Crippen MR) is 85.8 cm³/mol. The van der Waals surface area contributed by atoms with Crippen LogP contribution >= 0.6 is 15.9 Å². The number of piperidine rings is 1. The number of nitrogens with zero attached hydrogens (tertiary/aromatic N) is 1. The SMILES string of the molecule is OC1(Cc2cc(Br)cc3c2OCC3)CCN2CCCCC21. The summed E-state index contributed by atoms with van der Waals surface area (Å²) in [6.45, 7) is 2.96. The fourth-order valence-corrected chi connectivity index (χ4v) is 4.94. The molecule has 2 saturated heterocycles. The van der Waals surface area contributed by atoms with Crippen molar-refractivity contribution >= 4 is 15.9 Å². The second-order valence-electron chi connectivity index (χ2n) is 6.73. The lowest BCUT2D eigenvalue weighted by molar-refractivity contribution is -0.00923. The molecule has 0 radical (unpaired) electrons. The van der Waals surface area contributed by atoms with Crippen molar-refractivity contribution in [3.8, 4) is 5.75 Å². The van der Waals surface area contributed by atoms with E-state index in [1.807, 2.05) is 0 Å². The van der Waals surface area contributed by atoms with Crippen LogP contribution in [0.5, 0.6) is 5.75 Å². The fraction of sp³-hybridized carbons (Fsp3) is 0.647. The predicted octanol–water partition coefficient (Wildman–Crippen LogP) is 2.92. The number of aliphatic hydroxyl groups is 1. The molecular weight excluding hydrogens is 330 g/mol. The first-order valence-corrected chi connectivity index (χ1v) is 8.85. The normalized spacial score (nSPS) is 31.8. The molecule has 0 aliphatic carbocycles. The molecule has 2 atom stereocenters. The Hall–Kier alpha value is -0.580. The van der Waals surface area contributed by atoms with Crippen LogP contribution in [0.1, 0.15) is 36.8 Å². The Labute approximate surface area is 134 Å². The van der Waals surface area contributed by atoms with Crippen LogP contribution < -0.4 is 4.74 Å². The Balaban J connectivity index is 1.64. The third-order valence-corrected chi connectivity index (χ3v) is 5.85. The summed E-state index contributed by atoms with van der Waals surface area (Å²) in [4.78, 5) is 2.49. The second-order valence-corrected chi connectivity index (χ2v) is 7.65. The summed E-state index contributed by atoms with van der Waals surface area (Å²) in [6, 6.07) is 4.62. The summed E-state index contributed by atoms with van der Waals surface area (Å²) in [5.41, 5.74) is 1.87. The molecule has 3 aliphatic heterocycles. The van der Waals surface area contributed by atoms with E-state index in [-0.39, 0.29) is 0 Å². The Bertz CT molecular complexity index is 562. The van der Waals surface area contributed by atoms with E-state index in [0.717, 1.165) is 55.6 Å². The number of hydrogen-bond donors (Lipinski definition) is 1. The van der Waals surface area contributed by atoms with Crippen LogP contribution in [-0.4, -0.2) is 41.3 Å². The molecule has 0 spiro atoms. The van der Waals surface area contributed by atoms with Crippen LogP contribution in [-0.2, 0) is 12.8 Å². The molecular formula is C17H22BrNO2. The van der Waals surface area contributed by atoms with Gasteiger partial charge in [-0.25, -0.2) is 0 Å². The largest absolute Gasteiger partial charge is 0.493 e. The van der Waals surface area contributed by atoms with E-state index in [9.17, 15) is 5.11 Å². The van der Waals surface area contributed by atoms with Gasteiger partial charge in [-0.3, -0.25) is 4.90 Å². The Kier molecular flexibility index (Phi) is 3.51. The van der Waals surface area contributed by atoms with Crippen LogP contribution in [0, 0.1) is 0 Å². The van der Waals surface area contributed by atoms with Gasteiger partial charge in [-0.15, -0.1) is 0 Å². The van der Waals surface area contributed by atoms with E-state index in [0.29, 0.717) is 6.04 Å². The minimum absolute atomic E-state index is 0.335. The number of rotatable bonds is 2. The topological polar surface area (TPSA) is 32.7 Å². The summed E-state index contributed by atoms with van der Waals surface area (Å²) < 4.78 is 6.93. The van der Waals surface area contributed by atoms with Crippen molar-refractivity contribution in [2.75, 3.05) is 19.7 Å². The first-order valence-electron chi connectivity index (χ1n) is 8.06. The van der Waals surface area contributed by atoms with Crippen molar-refractivity contribution in [1.82, 2.24) is 4.90 Å². The molecule has 1 N–H and O–H groups in total. The van der Waals surface area contributed by atoms with Gasteiger partial charge in [0.15, 0.2) is 0 Å². The standard InChI is InChI=1S/C17H22BrNO2/c18-14-9-12-4-8-21-16(12)13(10-14)11-17(20)5-7-19-6-2-1-3-15(17)19/h9-10,15,20H,1-8,11H2. The number of hydrogen-bond acceptors (Lipinski definition) is 3. The van der Waals surface area contributed by atoms with E-state index in [2.05, 4.69) is 33.0 Å². The van der Waals surface area contributed by atoms with Gasteiger partial charge in [-0.2, -0.15) is 0 Å². The van der Waals surface area contributed by atoms with Crippen molar-refractivity contribution in [3.63, 3.8) is 0 Å². The molecule has 0 saturated carbocycles. The molecule has 3 heterocycles. The maximum atomic E-state index is 11.2. The molecule has 3 nitrogen and oxygen atoms in total. The first-order chi connectivity index (χ1) is 10.2. The summed E-state index contributed by atoms with van der Waals surface area (Å²) in [6.07, 6.45) is 6.25. The average Bonchev–Trinajstić information content (AvgIpc) is 3.05. The zero-order valence-electron chi connectivity index (χ0n) is 12.3. The Morgan fingerprint density at radius 2 is 2.24 bits per heavy atom. The maximum Gasteiger partial charge on any atom is 0.125 e. The van der Waals surface area contributed by atoms with Crippen molar-refractivity contribution in [2.24, 2.45) is 0 Å². The van der Waals surface area contributed by atoms with Gasteiger partial charge in [0.25, 0.3) is 0 Å². The van der Waals surface area contributed by atoms with Crippen LogP contribution in [0.4, 0.5) is 0 Å². The van der Waals surface area contributed by atoms with Crippen LogP contribution in [0.25, 0.3) is 0 Å². The lowest BCUT2D eigenvalue weighted by Gasteiger charge is -2.37. The van der Waals surface area contributed by atoms with Gasteiger partial charge in [0.2, 0.25) is 0 Å². The van der Waals surface area contributed by atoms with Gasteiger partial charge in [-0.05, 0) is 49.1 Å². The number of halogens is 1. The quantitative estimate of drug-likeness (QED) is 0.889. The maximum absolute atomic E-state index is 11.2. The van der Waals surface area contributed by atoms with E-state index in [4.69, 9.17) is 4.74 Å². The highest BCUT2D eigenvalue weighted by Crippen LogP contribution is 2.41. The summed E-state index contributed by atoms with van der Waals surface area (Å²) in [5, 5.41) is 11.2. The third-order valence-electron chi connectivity index (χ3n) is 5.39. The Morgan fingerprint density at radius 3 is 3.14 bits per heavy atom. The molecule has 21 heavy (non-hydrogen) atoms. The molecule has 114 valence electrons. The summed E-state index contributed by atoms with van der Waals surface area (Å²) in [5.74, 6) is 1.03. The first kappa shape index (κ1) is 14.0. The number of fused-ring (bicyclic) bond motifs is 2. The van der Waals surface area contributed by atoms with Gasteiger partial charge >= 0.3 is 0 Å². The van der Waals surface area contributed by atoms with Gasteiger partial charge < -0.3 is 9.84 Å². The van der Waals surface area contributed by atoms with Crippen LogP contribution in [0.15, 0.2) is 16.6 Å². The van der Waals surface area contributed by atoms with Crippen molar-refractivity contribution in [1.29, 1.82) is 0 Å². The molecule has 0 amide bonds. The molecule has 4 rings (SSSR count). The molecule has 0 bridgehead atoms. The van der Waals surface area contributed by atoms with Crippen LogP contribution in [0.2, 0.25) is 0 Å². The fourth-order valence-electron chi connectivity index (χ4n) is 4.38. The summed E-state index contributed by atoms with van der Waals surface area (Å²) in [7, 11) is 0. The molecule has 3 aliphatic rings. The Morgan fingerprint density at radius 1 is 1.33 bits per heavy atom. The van der Waals surface area contributed by atoms with Crippen molar-refractivity contribution in [3.05, 3.63) is 27.7 Å². The minimum Gasteiger partial charge on any atom is -0.493 e. The molecule has 2 fully saturated rings. The van der Waals surface area contributed by atoms with Crippen LogP contribution in [0.3, 0.4) is 0 Å². The van der Waals surface area contributed by atoms with Gasteiger partial charge in [-0.1, -0.05) is 22.4 Å². The molecule has 1 aromatic carbocycles. The second kappa shape index (κ2) is 5.25. The molecule has 0 aromatic heterocycles. The average molecular weight is 352 g/mol.